The van der Waals surface area contributed by atoms with Crippen LogP contribution in [0.2, 0.25) is 5.02 Å². The monoisotopic (exact) mass is 353 g/mol. The molecule has 0 radical (unpaired) electrons. The van der Waals surface area contributed by atoms with E-state index in [-0.39, 0.29) is 0 Å². The summed E-state index contributed by atoms with van der Waals surface area (Å²) in [6.07, 6.45) is 0.883. The van der Waals surface area contributed by atoms with Gasteiger partial charge >= 0.3 is 0 Å². The molecule has 20 heavy (non-hydrogen) atoms. The molecule has 0 bridgehead atoms. The molecule has 0 fully saturated rings. The van der Waals surface area contributed by atoms with Gasteiger partial charge in [0.05, 0.1) is 6.61 Å². The second-order valence-electron chi connectivity index (χ2n) is 4.58. The van der Waals surface area contributed by atoms with E-state index in [0.29, 0.717) is 19.1 Å². The highest BCUT2D eigenvalue weighted by Gasteiger charge is 2.09. The van der Waals surface area contributed by atoms with Crippen LogP contribution in [-0.2, 0) is 0 Å². The van der Waals surface area contributed by atoms with Gasteiger partial charge in [0.1, 0.15) is 5.75 Å². The van der Waals surface area contributed by atoms with Crippen molar-refractivity contribution in [2.75, 3.05) is 13.2 Å². The van der Waals surface area contributed by atoms with Crippen molar-refractivity contribution in [2.45, 2.75) is 12.3 Å². The standard InChI is InChI=1S/C16H17BrClNO/c17-14-3-7-16(8-4-14)20-10-9-13(11-19)12-1-5-15(18)6-2-12/h1-8,13H,9-11,19H2. The predicted molar refractivity (Wildman–Crippen MR) is 87.5 cm³/mol. The van der Waals surface area contributed by atoms with E-state index < -0.39 is 0 Å². The third-order valence-electron chi connectivity index (χ3n) is 3.17. The first-order chi connectivity index (χ1) is 9.69. The maximum Gasteiger partial charge on any atom is 0.119 e. The number of nitrogens with two attached hydrogens (primary N) is 1. The first kappa shape index (κ1) is 15.4. The molecule has 1 atom stereocenters. The van der Waals surface area contributed by atoms with Crippen molar-refractivity contribution in [3.8, 4) is 5.75 Å². The summed E-state index contributed by atoms with van der Waals surface area (Å²) in [4.78, 5) is 0. The molecule has 2 aromatic rings. The molecule has 0 amide bonds. The molecule has 2 N–H and O–H groups in total. The van der Waals surface area contributed by atoms with Crippen LogP contribution in [-0.4, -0.2) is 13.2 Å². The van der Waals surface area contributed by atoms with Crippen molar-refractivity contribution in [1.29, 1.82) is 0 Å². The van der Waals surface area contributed by atoms with Gasteiger partial charge in [0, 0.05) is 9.50 Å². The lowest BCUT2D eigenvalue weighted by Crippen LogP contribution is -2.15. The Morgan fingerprint density at radius 2 is 1.70 bits per heavy atom. The number of hydrogen-bond acceptors (Lipinski definition) is 2. The van der Waals surface area contributed by atoms with Crippen molar-refractivity contribution >= 4 is 27.5 Å². The van der Waals surface area contributed by atoms with Crippen molar-refractivity contribution < 1.29 is 4.74 Å². The number of benzene rings is 2. The molecule has 2 aromatic carbocycles. The average molecular weight is 355 g/mol. The lowest BCUT2D eigenvalue weighted by Gasteiger charge is -2.16. The average Bonchev–Trinajstić information content (AvgIpc) is 2.47. The summed E-state index contributed by atoms with van der Waals surface area (Å²) < 4.78 is 6.78. The van der Waals surface area contributed by atoms with E-state index >= 15 is 0 Å². The third-order valence-corrected chi connectivity index (χ3v) is 3.96. The second-order valence-corrected chi connectivity index (χ2v) is 5.93. The quantitative estimate of drug-likeness (QED) is 0.822. The van der Waals surface area contributed by atoms with E-state index in [9.17, 15) is 0 Å². The molecule has 0 aliphatic rings. The van der Waals surface area contributed by atoms with E-state index in [2.05, 4.69) is 15.9 Å². The Hall–Kier alpha value is -1.03. The Balaban J connectivity index is 1.87. The van der Waals surface area contributed by atoms with Crippen LogP contribution in [0.15, 0.2) is 53.0 Å². The SMILES string of the molecule is NCC(CCOc1ccc(Br)cc1)c1ccc(Cl)cc1. The molecule has 0 heterocycles. The lowest BCUT2D eigenvalue weighted by molar-refractivity contribution is 0.298. The number of hydrogen-bond donors (Lipinski definition) is 1. The van der Waals surface area contributed by atoms with Gasteiger partial charge in [0.25, 0.3) is 0 Å². The summed E-state index contributed by atoms with van der Waals surface area (Å²) in [5.41, 5.74) is 7.05. The molecule has 2 rings (SSSR count). The van der Waals surface area contributed by atoms with Gasteiger partial charge in [-0.05, 0) is 60.8 Å². The number of ether oxygens (including phenoxy) is 1. The van der Waals surface area contributed by atoms with E-state index in [0.717, 1.165) is 21.7 Å². The van der Waals surface area contributed by atoms with E-state index in [1.165, 1.54) is 5.56 Å². The van der Waals surface area contributed by atoms with E-state index in [4.69, 9.17) is 22.1 Å². The maximum atomic E-state index is 5.90. The number of halogens is 2. The maximum absolute atomic E-state index is 5.90. The molecule has 4 heteroatoms. The molecule has 0 spiro atoms. The molecular weight excluding hydrogens is 338 g/mol. The van der Waals surface area contributed by atoms with E-state index in [1.807, 2.05) is 48.5 Å². The molecule has 0 aromatic heterocycles. The van der Waals surface area contributed by atoms with Gasteiger partial charge in [0.15, 0.2) is 0 Å². The fourth-order valence-corrected chi connectivity index (χ4v) is 2.40. The van der Waals surface area contributed by atoms with Crippen LogP contribution in [0.1, 0.15) is 17.9 Å². The largest absolute Gasteiger partial charge is 0.494 e. The molecule has 2 nitrogen and oxygen atoms in total. The predicted octanol–water partition coefficient (Wildman–Crippen LogP) is 4.61. The lowest BCUT2D eigenvalue weighted by atomic mass is 9.96. The van der Waals surface area contributed by atoms with Crippen LogP contribution in [0.3, 0.4) is 0 Å². The van der Waals surface area contributed by atoms with Crippen LogP contribution in [0.5, 0.6) is 5.75 Å². The Bertz CT molecular complexity index is 527. The van der Waals surface area contributed by atoms with Crippen molar-refractivity contribution in [3.05, 3.63) is 63.6 Å². The first-order valence-corrected chi connectivity index (χ1v) is 7.70. The highest BCUT2D eigenvalue weighted by Crippen LogP contribution is 2.22. The Labute approximate surface area is 133 Å². The van der Waals surface area contributed by atoms with Crippen LogP contribution >= 0.6 is 27.5 Å². The van der Waals surface area contributed by atoms with E-state index in [1.54, 1.807) is 0 Å². The zero-order chi connectivity index (χ0) is 14.4. The molecule has 0 saturated heterocycles. The summed E-state index contributed by atoms with van der Waals surface area (Å²) >= 11 is 9.30. The van der Waals surface area contributed by atoms with Crippen LogP contribution in [0.25, 0.3) is 0 Å². The first-order valence-electron chi connectivity index (χ1n) is 6.53. The minimum absolute atomic E-state index is 0.294. The molecule has 0 aliphatic heterocycles. The van der Waals surface area contributed by atoms with Crippen LogP contribution in [0, 0.1) is 0 Å². The summed E-state index contributed by atoms with van der Waals surface area (Å²) in [6.45, 7) is 1.25. The smallest absolute Gasteiger partial charge is 0.119 e. The summed E-state index contributed by atoms with van der Waals surface area (Å²) in [5, 5.41) is 0.746. The molecule has 0 aliphatic carbocycles. The minimum Gasteiger partial charge on any atom is -0.494 e. The van der Waals surface area contributed by atoms with Crippen molar-refractivity contribution in [2.24, 2.45) is 5.73 Å². The van der Waals surface area contributed by atoms with Gasteiger partial charge in [0.2, 0.25) is 0 Å². The van der Waals surface area contributed by atoms with Gasteiger partial charge in [-0.15, -0.1) is 0 Å². The normalized spacial score (nSPS) is 12.2. The minimum atomic E-state index is 0.294. The molecule has 0 saturated carbocycles. The Kier molecular flexibility index (Phi) is 5.89. The van der Waals surface area contributed by atoms with Crippen LogP contribution < -0.4 is 10.5 Å². The van der Waals surface area contributed by atoms with Gasteiger partial charge in [-0.25, -0.2) is 0 Å². The van der Waals surface area contributed by atoms with Gasteiger partial charge < -0.3 is 10.5 Å². The molecule has 1 unspecified atom stereocenters. The Morgan fingerprint density at radius 3 is 2.30 bits per heavy atom. The summed E-state index contributed by atoms with van der Waals surface area (Å²) in [7, 11) is 0. The van der Waals surface area contributed by atoms with Gasteiger partial charge in [-0.1, -0.05) is 39.7 Å². The third kappa shape index (κ3) is 4.51. The second kappa shape index (κ2) is 7.67. The summed E-state index contributed by atoms with van der Waals surface area (Å²) in [5.74, 6) is 1.17. The van der Waals surface area contributed by atoms with Crippen molar-refractivity contribution in [1.82, 2.24) is 0 Å². The number of rotatable bonds is 6. The van der Waals surface area contributed by atoms with Crippen molar-refractivity contribution in [3.63, 3.8) is 0 Å². The zero-order valence-corrected chi connectivity index (χ0v) is 13.4. The fraction of sp³-hybridized carbons (Fsp3) is 0.250. The van der Waals surface area contributed by atoms with Gasteiger partial charge in [-0.2, -0.15) is 0 Å². The fourth-order valence-electron chi connectivity index (χ4n) is 2.01. The molecular formula is C16H17BrClNO. The highest BCUT2D eigenvalue weighted by atomic mass is 79.9. The molecule has 106 valence electrons. The zero-order valence-electron chi connectivity index (χ0n) is 11.1. The summed E-state index contributed by atoms with van der Waals surface area (Å²) in [6, 6.07) is 15.7. The Morgan fingerprint density at radius 1 is 1.05 bits per heavy atom. The van der Waals surface area contributed by atoms with Crippen LogP contribution in [0.4, 0.5) is 0 Å². The topological polar surface area (TPSA) is 35.2 Å². The van der Waals surface area contributed by atoms with Gasteiger partial charge in [-0.3, -0.25) is 0 Å². The highest BCUT2D eigenvalue weighted by molar-refractivity contribution is 9.10.